The third-order valence-electron chi connectivity index (χ3n) is 4.29. The van der Waals surface area contributed by atoms with E-state index in [1.165, 1.54) is 6.26 Å². The summed E-state index contributed by atoms with van der Waals surface area (Å²) in [6.45, 7) is 1.92. The lowest BCUT2D eigenvalue weighted by Crippen LogP contribution is -2.31. The molecule has 5 heteroatoms. The first-order chi connectivity index (χ1) is 9.82. The molecule has 0 N–H and O–H groups in total. The van der Waals surface area contributed by atoms with Crippen molar-refractivity contribution in [3.63, 3.8) is 0 Å². The lowest BCUT2D eigenvalue weighted by molar-refractivity contribution is 0.0890. The summed E-state index contributed by atoms with van der Waals surface area (Å²) in [5.41, 5.74) is 1.59. The van der Waals surface area contributed by atoms with E-state index in [1.807, 2.05) is 13.0 Å². The number of aryl methyl sites for hydroxylation is 1. The van der Waals surface area contributed by atoms with E-state index in [1.54, 1.807) is 19.2 Å². The second-order valence-corrected chi connectivity index (χ2v) is 8.19. The van der Waals surface area contributed by atoms with Gasteiger partial charge in [-0.1, -0.05) is 18.6 Å². The molecule has 1 aliphatic rings. The fourth-order valence-corrected chi connectivity index (χ4v) is 4.16. The zero-order valence-electron chi connectivity index (χ0n) is 12.8. The number of carbonyl (C=O) groups is 1. The summed E-state index contributed by atoms with van der Waals surface area (Å²) >= 11 is 0. The molecular weight excluding hydrogens is 288 g/mol. The first-order valence-corrected chi connectivity index (χ1v) is 9.16. The molecule has 0 saturated heterocycles. The normalized spacial score (nSPS) is 22.8. The SMILES string of the molecule is COc1cc(C(=O)C2CCCC(S(C)(=O)=O)C2)ccc1C. The van der Waals surface area contributed by atoms with Gasteiger partial charge in [0.05, 0.1) is 12.4 Å². The lowest BCUT2D eigenvalue weighted by Gasteiger charge is -2.27. The van der Waals surface area contributed by atoms with Crippen LogP contribution in [-0.2, 0) is 9.84 Å². The van der Waals surface area contributed by atoms with Crippen LogP contribution in [-0.4, -0.2) is 32.8 Å². The van der Waals surface area contributed by atoms with Crippen LogP contribution in [0, 0.1) is 12.8 Å². The molecular formula is C16H22O4S. The summed E-state index contributed by atoms with van der Waals surface area (Å²) in [5, 5.41) is -0.382. The average molecular weight is 310 g/mol. The van der Waals surface area contributed by atoms with Crippen LogP contribution < -0.4 is 4.74 Å². The number of ether oxygens (including phenoxy) is 1. The van der Waals surface area contributed by atoms with Crippen molar-refractivity contribution in [1.29, 1.82) is 0 Å². The van der Waals surface area contributed by atoms with Crippen LogP contribution in [0.25, 0.3) is 0 Å². The largest absolute Gasteiger partial charge is 0.496 e. The van der Waals surface area contributed by atoms with Gasteiger partial charge in [0.15, 0.2) is 5.78 Å². The van der Waals surface area contributed by atoms with Crippen molar-refractivity contribution in [1.82, 2.24) is 0 Å². The van der Waals surface area contributed by atoms with Gasteiger partial charge in [0.2, 0.25) is 0 Å². The minimum Gasteiger partial charge on any atom is -0.496 e. The number of hydrogen-bond donors (Lipinski definition) is 0. The van der Waals surface area contributed by atoms with Crippen LogP contribution in [0.3, 0.4) is 0 Å². The molecule has 4 nitrogen and oxygen atoms in total. The fraction of sp³-hybridized carbons (Fsp3) is 0.562. The molecule has 21 heavy (non-hydrogen) atoms. The van der Waals surface area contributed by atoms with Crippen LogP contribution in [0.5, 0.6) is 5.75 Å². The molecule has 2 rings (SSSR count). The fourth-order valence-electron chi connectivity index (χ4n) is 2.98. The highest BCUT2D eigenvalue weighted by atomic mass is 32.2. The second kappa shape index (κ2) is 6.18. The Balaban J connectivity index is 2.20. The van der Waals surface area contributed by atoms with E-state index in [0.717, 1.165) is 18.4 Å². The molecule has 1 saturated carbocycles. The van der Waals surface area contributed by atoms with Gasteiger partial charge in [0, 0.05) is 17.7 Å². The summed E-state index contributed by atoms with van der Waals surface area (Å²) in [4.78, 5) is 12.6. The maximum absolute atomic E-state index is 12.6. The molecule has 116 valence electrons. The zero-order chi connectivity index (χ0) is 15.6. The standard InChI is InChI=1S/C16H22O4S/c1-11-7-8-13(10-15(11)20-2)16(17)12-5-4-6-14(9-12)21(3,18)19/h7-8,10,12,14H,4-6,9H2,1-3H3. The Labute approximate surface area is 126 Å². The highest BCUT2D eigenvalue weighted by molar-refractivity contribution is 7.91. The van der Waals surface area contributed by atoms with E-state index in [9.17, 15) is 13.2 Å². The minimum absolute atomic E-state index is 0.0293. The van der Waals surface area contributed by atoms with E-state index in [-0.39, 0.29) is 17.0 Å². The van der Waals surface area contributed by atoms with Crippen molar-refractivity contribution >= 4 is 15.6 Å². The van der Waals surface area contributed by atoms with Gasteiger partial charge < -0.3 is 4.74 Å². The Morgan fingerprint density at radius 1 is 1.29 bits per heavy atom. The molecule has 1 aromatic rings. The average Bonchev–Trinajstić information content (AvgIpc) is 2.46. The van der Waals surface area contributed by atoms with Crippen molar-refractivity contribution in [3.8, 4) is 5.75 Å². The number of sulfone groups is 1. The van der Waals surface area contributed by atoms with Gasteiger partial charge in [0.25, 0.3) is 0 Å². The molecule has 2 unspecified atom stereocenters. The van der Waals surface area contributed by atoms with Crippen molar-refractivity contribution in [2.45, 2.75) is 37.9 Å². The van der Waals surface area contributed by atoms with Crippen LogP contribution >= 0.6 is 0 Å². The van der Waals surface area contributed by atoms with Gasteiger partial charge in [-0.15, -0.1) is 0 Å². The van der Waals surface area contributed by atoms with Crippen LogP contribution in [0.2, 0.25) is 0 Å². The Kier molecular flexibility index (Phi) is 4.71. The molecule has 0 spiro atoms. The maximum Gasteiger partial charge on any atom is 0.166 e. The van der Waals surface area contributed by atoms with Gasteiger partial charge >= 0.3 is 0 Å². The number of benzene rings is 1. The Hall–Kier alpha value is -1.36. The molecule has 0 aromatic heterocycles. The molecule has 1 fully saturated rings. The number of hydrogen-bond acceptors (Lipinski definition) is 4. The zero-order valence-corrected chi connectivity index (χ0v) is 13.6. The third-order valence-corrected chi connectivity index (χ3v) is 5.93. The monoisotopic (exact) mass is 310 g/mol. The van der Waals surface area contributed by atoms with E-state index >= 15 is 0 Å². The molecule has 0 heterocycles. The van der Waals surface area contributed by atoms with Crippen molar-refractivity contribution in [3.05, 3.63) is 29.3 Å². The second-order valence-electron chi connectivity index (χ2n) is 5.86. The predicted molar refractivity (Wildman–Crippen MR) is 82.7 cm³/mol. The van der Waals surface area contributed by atoms with E-state index in [0.29, 0.717) is 24.2 Å². The highest BCUT2D eigenvalue weighted by Gasteiger charge is 2.32. The van der Waals surface area contributed by atoms with Gasteiger partial charge in [-0.25, -0.2) is 8.42 Å². The molecule has 0 amide bonds. The Morgan fingerprint density at radius 2 is 2.00 bits per heavy atom. The number of Topliss-reactive ketones (excluding diaryl/α,β-unsaturated/α-hetero) is 1. The maximum atomic E-state index is 12.6. The summed E-state index contributed by atoms with van der Waals surface area (Å²) in [6.07, 6.45) is 3.92. The molecule has 0 aliphatic heterocycles. The summed E-state index contributed by atoms with van der Waals surface area (Å²) in [6, 6.07) is 5.41. The van der Waals surface area contributed by atoms with Gasteiger partial charge in [0.1, 0.15) is 15.6 Å². The quantitative estimate of drug-likeness (QED) is 0.802. The third kappa shape index (κ3) is 3.64. The van der Waals surface area contributed by atoms with E-state index < -0.39 is 9.84 Å². The highest BCUT2D eigenvalue weighted by Crippen LogP contribution is 2.32. The topological polar surface area (TPSA) is 60.4 Å². The van der Waals surface area contributed by atoms with E-state index in [4.69, 9.17) is 4.74 Å². The number of rotatable bonds is 4. The minimum atomic E-state index is -3.07. The first kappa shape index (κ1) is 16.0. The van der Waals surface area contributed by atoms with E-state index in [2.05, 4.69) is 0 Å². The first-order valence-electron chi connectivity index (χ1n) is 7.20. The molecule has 2 atom stereocenters. The lowest BCUT2D eigenvalue weighted by atomic mass is 9.83. The van der Waals surface area contributed by atoms with Gasteiger partial charge in [-0.2, -0.15) is 0 Å². The van der Waals surface area contributed by atoms with Crippen molar-refractivity contribution in [2.24, 2.45) is 5.92 Å². The van der Waals surface area contributed by atoms with Crippen LogP contribution in [0.1, 0.15) is 41.6 Å². The summed E-state index contributed by atoms with van der Waals surface area (Å²) < 4.78 is 28.7. The summed E-state index contributed by atoms with van der Waals surface area (Å²) in [5.74, 6) is 0.517. The molecule has 1 aromatic carbocycles. The van der Waals surface area contributed by atoms with Crippen molar-refractivity contribution < 1.29 is 17.9 Å². The summed E-state index contributed by atoms with van der Waals surface area (Å²) in [7, 11) is -1.49. The predicted octanol–water partition coefficient (Wildman–Crippen LogP) is 2.79. The van der Waals surface area contributed by atoms with Crippen LogP contribution in [0.4, 0.5) is 0 Å². The van der Waals surface area contributed by atoms with Crippen LogP contribution in [0.15, 0.2) is 18.2 Å². The van der Waals surface area contributed by atoms with Gasteiger partial charge in [-0.05, 0) is 37.8 Å². The number of carbonyl (C=O) groups excluding carboxylic acids is 1. The Bertz CT molecular complexity index is 634. The number of ketones is 1. The molecule has 0 radical (unpaired) electrons. The number of methoxy groups -OCH3 is 1. The molecule has 1 aliphatic carbocycles. The molecule has 0 bridgehead atoms. The Morgan fingerprint density at radius 3 is 2.62 bits per heavy atom. The van der Waals surface area contributed by atoms with Gasteiger partial charge in [-0.3, -0.25) is 4.79 Å². The smallest absolute Gasteiger partial charge is 0.166 e. The van der Waals surface area contributed by atoms with Crippen molar-refractivity contribution in [2.75, 3.05) is 13.4 Å².